The third-order valence-electron chi connectivity index (χ3n) is 2.13. The molecule has 0 fully saturated rings. The molecule has 0 amide bonds. The molecule has 4 nitrogen and oxygen atoms in total. The summed E-state index contributed by atoms with van der Waals surface area (Å²) in [4.78, 5) is 0. The van der Waals surface area contributed by atoms with E-state index in [1.807, 2.05) is 0 Å². The third-order valence-corrected chi connectivity index (χ3v) is 2.24. The second kappa shape index (κ2) is 6.37. The van der Waals surface area contributed by atoms with Crippen LogP contribution in [0.4, 0.5) is 0 Å². The lowest BCUT2D eigenvalue weighted by Crippen LogP contribution is -2.04. The van der Waals surface area contributed by atoms with Crippen molar-refractivity contribution in [2.45, 2.75) is 6.54 Å². The van der Waals surface area contributed by atoms with E-state index in [2.05, 4.69) is 6.58 Å². The summed E-state index contributed by atoms with van der Waals surface area (Å²) in [5.41, 5.74) is 6.48. The van der Waals surface area contributed by atoms with Gasteiger partial charge in [-0.05, 0) is 17.7 Å². The Balaban J connectivity index is 3.10. The Labute approximate surface area is 106 Å². The first-order chi connectivity index (χ1) is 8.12. The van der Waals surface area contributed by atoms with E-state index in [-0.39, 0.29) is 6.61 Å². The molecular formula is C12H16ClNO3. The molecule has 1 rings (SSSR count). The lowest BCUT2D eigenvalue weighted by Gasteiger charge is -2.15. The quantitative estimate of drug-likeness (QED) is 0.850. The molecule has 0 aromatic heterocycles. The molecule has 0 aliphatic heterocycles. The van der Waals surface area contributed by atoms with Crippen molar-refractivity contribution in [1.82, 2.24) is 0 Å². The van der Waals surface area contributed by atoms with Gasteiger partial charge in [0.15, 0.2) is 11.5 Å². The molecule has 17 heavy (non-hydrogen) atoms. The zero-order chi connectivity index (χ0) is 12.8. The van der Waals surface area contributed by atoms with Crippen molar-refractivity contribution in [3.63, 3.8) is 0 Å². The normalized spacial score (nSPS) is 9.88. The van der Waals surface area contributed by atoms with Gasteiger partial charge in [0.25, 0.3) is 0 Å². The zero-order valence-electron chi connectivity index (χ0n) is 9.96. The van der Waals surface area contributed by atoms with Gasteiger partial charge in [0, 0.05) is 11.6 Å². The van der Waals surface area contributed by atoms with Gasteiger partial charge in [-0.1, -0.05) is 18.2 Å². The van der Waals surface area contributed by atoms with Crippen LogP contribution in [0.3, 0.4) is 0 Å². The number of nitrogens with two attached hydrogens (primary N) is 1. The van der Waals surface area contributed by atoms with Crippen LogP contribution >= 0.6 is 11.6 Å². The fourth-order valence-corrected chi connectivity index (χ4v) is 1.40. The highest BCUT2D eigenvalue weighted by Gasteiger charge is 2.13. The molecule has 0 radical (unpaired) electrons. The first-order valence-corrected chi connectivity index (χ1v) is 5.41. The maximum absolute atomic E-state index is 5.66. The van der Waals surface area contributed by atoms with E-state index in [0.29, 0.717) is 28.8 Å². The second-order valence-electron chi connectivity index (χ2n) is 3.34. The highest BCUT2D eigenvalue weighted by atomic mass is 35.5. The van der Waals surface area contributed by atoms with Crippen LogP contribution in [0, 0.1) is 0 Å². The highest BCUT2D eigenvalue weighted by molar-refractivity contribution is 6.29. The third kappa shape index (κ3) is 3.54. The van der Waals surface area contributed by atoms with Crippen molar-refractivity contribution in [1.29, 1.82) is 0 Å². The minimum atomic E-state index is 0.191. The van der Waals surface area contributed by atoms with Crippen LogP contribution in [-0.2, 0) is 6.54 Å². The average molecular weight is 258 g/mol. The van der Waals surface area contributed by atoms with E-state index in [0.717, 1.165) is 5.56 Å². The van der Waals surface area contributed by atoms with Gasteiger partial charge >= 0.3 is 0 Å². The van der Waals surface area contributed by atoms with Gasteiger partial charge in [-0.15, -0.1) is 0 Å². The molecule has 94 valence electrons. The zero-order valence-corrected chi connectivity index (χ0v) is 10.7. The average Bonchev–Trinajstić information content (AvgIpc) is 2.34. The lowest BCUT2D eigenvalue weighted by atomic mass is 10.2. The van der Waals surface area contributed by atoms with Crippen LogP contribution in [-0.4, -0.2) is 20.8 Å². The smallest absolute Gasteiger partial charge is 0.203 e. The summed E-state index contributed by atoms with van der Waals surface area (Å²) in [6.07, 6.45) is 0. The van der Waals surface area contributed by atoms with E-state index in [1.165, 1.54) is 0 Å². The number of hydrogen-bond acceptors (Lipinski definition) is 4. The van der Waals surface area contributed by atoms with Gasteiger partial charge in [-0.3, -0.25) is 0 Å². The summed E-state index contributed by atoms with van der Waals surface area (Å²) in [6.45, 7) is 4.14. The topological polar surface area (TPSA) is 53.7 Å². The Bertz CT molecular complexity index is 382. The Morgan fingerprint density at radius 1 is 1.29 bits per heavy atom. The predicted octanol–water partition coefficient (Wildman–Crippen LogP) is 2.29. The fraction of sp³-hybridized carbons (Fsp3) is 0.333. The molecule has 5 heteroatoms. The fourth-order valence-electron chi connectivity index (χ4n) is 1.34. The molecule has 0 spiro atoms. The van der Waals surface area contributed by atoms with Crippen molar-refractivity contribution >= 4 is 11.6 Å². The predicted molar refractivity (Wildman–Crippen MR) is 67.9 cm³/mol. The summed E-state index contributed by atoms with van der Waals surface area (Å²) in [6, 6.07) is 3.60. The van der Waals surface area contributed by atoms with Crippen LogP contribution in [0.1, 0.15) is 5.56 Å². The van der Waals surface area contributed by atoms with Crippen molar-refractivity contribution in [2.24, 2.45) is 5.73 Å². The highest BCUT2D eigenvalue weighted by Crippen LogP contribution is 2.38. The Morgan fingerprint density at radius 3 is 2.18 bits per heavy atom. The molecule has 0 atom stereocenters. The molecule has 0 unspecified atom stereocenters. The van der Waals surface area contributed by atoms with Crippen LogP contribution in [0.25, 0.3) is 0 Å². The van der Waals surface area contributed by atoms with Gasteiger partial charge in [-0.25, -0.2) is 0 Å². The summed E-state index contributed by atoms with van der Waals surface area (Å²) in [7, 11) is 3.11. The standard InChI is InChI=1S/C12H16ClNO3/c1-8(13)7-17-12-10(15-2)4-9(6-14)5-11(12)16-3/h4-5H,1,6-7,14H2,2-3H3. The van der Waals surface area contributed by atoms with Crippen molar-refractivity contribution in [2.75, 3.05) is 20.8 Å². The summed E-state index contributed by atoms with van der Waals surface area (Å²) < 4.78 is 15.9. The Hall–Kier alpha value is -1.39. The van der Waals surface area contributed by atoms with Gasteiger partial charge in [0.05, 0.1) is 14.2 Å². The summed E-state index contributed by atoms with van der Waals surface area (Å²) >= 11 is 5.66. The van der Waals surface area contributed by atoms with Gasteiger partial charge in [0.1, 0.15) is 6.61 Å². The van der Waals surface area contributed by atoms with Crippen molar-refractivity contribution < 1.29 is 14.2 Å². The van der Waals surface area contributed by atoms with Crippen LogP contribution < -0.4 is 19.9 Å². The first-order valence-electron chi connectivity index (χ1n) is 5.03. The molecule has 2 N–H and O–H groups in total. The molecule has 1 aromatic rings. The van der Waals surface area contributed by atoms with E-state index in [1.54, 1.807) is 26.4 Å². The maximum atomic E-state index is 5.66. The monoisotopic (exact) mass is 257 g/mol. The number of halogens is 1. The van der Waals surface area contributed by atoms with Gasteiger partial charge in [-0.2, -0.15) is 0 Å². The van der Waals surface area contributed by atoms with Crippen molar-refractivity contribution in [3.8, 4) is 17.2 Å². The maximum Gasteiger partial charge on any atom is 0.203 e. The van der Waals surface area contributed by atoms with Gasteiger partial charge in [0.2, 0.25) is 5.75 Å². The molecule has 0 saturated carbocycles. The molecule has 0 aliphatic carbocycles. The number of methoxy groups -OCH3 is 2. The van der Waals surface area contributed by atoms with Gasteiger partial charge < -0.3 is 19.9 Å². The SMILES string of the molecule is C=C(Cl)COc1c(OC)cc(CN)cc1OC. The molecule has 0 aliphatic rings. The van der Waals surface area contributed by atoms with Crippen LogP contribution in [0.2, 0.25) is 0 Å². The molecule has 0 heterocycles. The minimum Gasteiger partial charge on any atom is -0.493 e. The molecule has 0 bridgehead atoms. The first kappa shape index (κ1) is 13.7. The number of hydrogen-bond donors (Lipinski definition) is 1. The van der Waals surface area contributed by atoms with E-state index >= 15 is 0 Å². The van der Waals surface area contributed by atoms with E-state index in [9.17, 15) is 0 Å². The molecular weight excluding hydrogens is 242 g/mol. The Kier molecular flexibility index (Phi) is 5.12. The largest absolute Gasteiger partial charge is 0.493 e. The second-order valence-corrected chi connectivity index (χ2v) is 3.87. The summed E-state index contributed by atoms with van der Waals surface area (Å²) in [5.74, 6) is 1.61. The number of benzene rings is 1. The van der Waals surface area contributed by atoms with Crippen molar-refractivity contribution in [3.05, 3.63) is 29.3 Å². The summed E-state index contributed by atoms with van der Waals surface area (Å²) in [5, 5.41) is 0.400. The Morgan fingerprint density at radius 2 is 1.82 bits per heavy atom. The number of rotatable bonds is 6. The van der Waals surface area contributed by atoms with Crippen LogP contribution in [0.5, 0.6) is 17.2 Å². The molecule has 1 aromatic carbocycles. The van der Waals surface area contributed by atoms with Crippen LogP contribution in [0.15, 0.2) is 23.7 Å². The number of ether oxygens (including phenoxy) is 3. The minimum absolute atomic E-state index is 0.191. The molecule has 0 saturated heterocycles. The van der Waals surface area contributed by atoms with E-state index in [4.69, 9.17) is 31.5 Å². The lowest BCUT2D eigenvalue weighted by molar-refractivity contribution is 0.298. The van der Waals surface area contributed by atoms with E-state index < -0.39 is 0 Å².